The standard InChI is InChI=1S/C18H21O4/c1-13(19)21-17-8-5-9-18(22-14(2)20)12-16-7-4-3-6-15(16)10-11-17/h3-8,11,17-18H,9-10,12H2,1-2H3/b8-5-. The maximum Gasteiger partial charge on any atom is 0.303 e. The first-order valence-electron chi connectivity index (χ1n) is 7.46. The second-order valence-electron chi connectivity index (χ2n) is 5.38. The molecule has 0 heterocycles. The fourth-order valence-corrected chi connectivity index (χ4v) is 2.57. The van der Waals surface area contributed by atoms with Crippen LogP contribution in [0.25, 0.3) is 0 Å². The molecule has 1 radical (unpaired) electrons. The molecular weight excluding hydrogens is 280 g/mol. The predicted molar refractivity (Wildman–Crippen MR) is 83.0 cm³/mol. The van der Waals surface area contributed by atoms with Gasteiger partial charge in [-0.25, -0.2) is 0 Å². The third kappa shape index (κ3) is 5.02. The quantitative estimate of drug-likeness (QED) is 0.622. The second kappa shape index (κ2) is 7.78. The Hall–Kier alpha value is -2.10. The number of hydrogen-bond donors (Lipinski definition) is 0. The smallest absolute Gasteiger partial charge is 0.303 e. The van der Waals surface area contributed by atoms with Gasteiger partial charge >= 0.3 is 11.9 Å². The highest BCUT2D eigenvalue weighted by Crippen LogP contribution is 2.19. The van der Waals surface area contributed by atoms with E-state index in [-0.39, 0.29) is 24.1 Å². The van der Waals surface area contributed by atoms with Crippen LogP contribution in [0.4, 0.5) is 0 Å². The zero-order valence-corrected chi connectivity index (χ0v) is 13.0. The van der Waals surface area contributed by atoms with Gasteiger partial charge in [0.1, 0.15) is 12.2 Å². The van der Waals surface area contributed by atoms with Gasteiger partial charge in [0, 0.05) is 33.1 Å². The van der Waals surface area contributed by atoms with E-state index in [1.165, 1.54) is 13.8 Å². The average molecular weight is 301 g/mol. The van der Waals surface area contributed by atoms with Crippen LogP contribution >= 0.6 is 0 Å². The highest BCUT2D eigenvalue weighted by atomic mass is 16.5. The molecule has 4 heteroatoms. The first-order chi connectivity index (χ1) is 10.5. The predicted octanol–water partition coefficient (Wildman–Crippen LogP) is 2.80. The molecule has 0 saturated carbocycles. The van der Waals surface area contributed by atoms with Gasteiger partial charge in [-0.2, -0.15) is 0 Å². The van der Waals surface area contributed by atoms with Crippen molar-refractivity contribution in [2.24, 2.45) is 0 Å². The monoisotopic (exact) mass is 301 g/mol. The SMILES string of the molecule is CC(=O)OC1[CH]Cc2ccccc2CC(OC(C)=O)C/C=C\1. The third-order valence-electron chi connectivity index (χ3n) is 3.50. The molecular formula is C18H21O4. The Bertz CT molecular complexity index is 562. The number of ether oxygens (including phenoxy) is 2. The van der Waals surface area contributed by atoms with Gasteiger partial charge in [-0.3, -0.25) is 9.59 Å². The minimum absolute atomic E-state index is 0.203. The van der Waals surface area contributed by atoms with Crippen LogP contribution in [-0.4, -0.2) is 24.1 Å². The second-order valence-corrected chi connectivity index (χ2v) is 5.38. The minimum atomic E-state index is -0.360. The van der Waals surface area contributed by atoms with Crippen LogP contribution in [0.3, 0.4) is 0 Å². The van der Waals surface area contributed by atoms with E-state index < -0.39 is 0 Å². The average Bonchev–Trinajstić information content (AvgIpc) is 2.44. The van der Waals surface area contributed by atoms with Crippen molar-refractivity contribution in [2.75, 3.05) is 0 Å². The molecule has 0 saturated heterocycles. The van der Waals surface area contributed by atoms with Crippen LogP contribution in [0.1, 0.15) is 31.4 Å². The Balaban J connectivity index is 2.21. The largest absolute Gasteiger partial charge is 0.462 e. The van der Waals surface area contributed by atoms with Gasteiger partial charge in [0.05, 0.1) is 0 Å². The van der Waals surface area contributed by atoms with Crippen LogP contribution in [0.15, 0.2) is 36.4 Å². The zero-order valence-electron chi connectivity index (χ0n) is 13.0. The Morgan fingerprint density at radius 1 is 1.05 bits per heavy atom. The first-order valence-corrected chi connectivity index (χ1v) is 7.46. The lowest BCUT2D eigenvalue weighted by Crippen LogP contribution is -2.22. The Kier molecular flexibility index (Phi) is 5.75. The van der Waals surface area contributed by atoms with Crippen molar-refractivity contribution in [1.29, 1.82) is 0 Å². The number of esters is 2. The summed E-state index contributed by atoms with van der Waals surface area (Å²) in [4.78, 5) is 22.4. The van der Waals surface area contributed by atoms with Crippen LogP contribution in [0, 0.1) is 6.42 Å². The maximum atomic E-state index is 11.3. The fraction of sp³-hybridized carbons (Fsp3) is 0.389. The van der Waals surface area contributed by atoms with E-state index in [0.29, 0.717) is 19.3 Å². The van der Waals surface area contributed by atoms with E-state index >= 15 is 0 Å². The third-order valence-corrected chi connectivity index (χ3v) is 3.50. The van der Waals surface area contributed by atoms with Crippen molar-refractivity contribution in [1.82, 2.24) is 0 Å². The number of hydrogen-bond acceptors (Lipinski definition) is 4. The minimum Gasteiger partial charge on any atom is -0.462 e. The van der Waals surface area contributed by atoms with Crippen molar-refractivity contribution >= 4 is 11.9 Å². The topological polar surface area (TPSA) is 52.6 Å². The van der Waals surface area contributed by atoms with Crippen LogP contribution < -0.4 is 0 Å². The Labute approximate surface area is 131 Å². The summed E-state index contributed by atoms with van der Waals surface area (Å²) in [6.07, 6.45) is 7.14. The number of rotatable bonds is 2. The molecule has 2 atom stereocenters. The lowest BCUT2D eigenvalue weighted by molar-refractivity contribution is -0.146. The molecule has 22 heavy (non-hydrogen) atoms. The first kappa shape index (κ1) is 16.3. The van der Waals surface area contributed by atoms with Gasteiger partial charge in [0.25, 0.3) is 0 Å². The molecule has 1 aliphatic rings. The summed E-state index contributed by atoms with van der Waals surface area (Å²) >= 11 is 0. The molecule has 1 aromatic carbocycles. The van der Waals surface area contributed by atoms with Gasteiger partial charge in [0.15, 0.2) is 0 Å². The van der Waals surface area contributed by atoms with Gasteiger partial charge in [-0.05, 0) is 23.6 Å². The molecule has 1 aliphatic carbocycles. The summed E-state index contributed by atoms with van der Waals surface area (Å²) < 4.78 is 10.7. The van der Waals surface area contributed by atoms with Crippen molar-refractivity contribution in [2.45, 2.75) is 45.3 Å². The number of benzene rings is 1. The van der Waals surface area contributed by atoms with E-state index in [0.717, 1.165) is 11.1 Å². The molecule has 1 aromatic rings. The van der Waals surface area contributed by atoms with E-state index in [2.05, 4.69) is 0 Å². The molecule has 117 valence electrons. The summed E-state index contributed by atoms with van der Waals surface area (Å²) in [5, 5.41) is 0. The highest BCUT2D eigenvalue weighted by Gasteiger charge is 2.17. The lowest BCUT2D eigenvalue weighted by atomic mass is 9.94. The highest BCUT2D eigenvalue weighted by molar-refractivity contribution is 5.66. The number of carbonyl (C=O) groups excluding carboxylic acids is 2. The molecule has 2 unspecified atom stereocenters. The molecule has 0 amide bonds. The molecule has 0 spiro atoms. The molecule has 0 fully saturated rings. The van der Waals surface area contributed by atoms with Crippen molar-refractivity contribution in [3.05, 3.63) is 54.0 Å². The Morgan fingerprint density at radius 3 is 2.41 bits per heavy atom. The van der Waals surface area contributed by atoms with E-state index in [4.69, 9.17) is 9.47 Å². The number of fused-ring (bicyclic) bond motifs is 1. The van der Waals surface area contributed by atoms with Gasteiger partial charge in [-0.1, -0.05) is 30.3 Å². The molecule has 0 N–H and O–H groups in total. The van der Waals surface area contributed by atoms with E-state index in [1.807, 2.05) is 42.8 Å². The van der Waals surface area contributed by atoms with Crippen LogP contribution in [0.5, 0.6) is 0 Å². The molecule has 0 aliphatic heterocycles. The summed E-state index contributed by atoms with van der Waals surface area (Å²) in [5.74, 6) is -0.594. The van der Waals surface area contributed by atoms with Crippen molar-refractivity contribution in [3.8, 4) is 0 Å². The van der Waals surface area contributed by atoms with Crippen molar-refractivity contribution < 1.29 is 19.1 Å². The number of carbonyl (C=O) groups is 2. The van der Waals surface area contributed by atoms with Gasteiger partial charge < -0.3 is 9.47 Å². The molecule has 0 bridgehead atoms. The summed E-state index contributed by atoms with van der Waals surface area (Å²) in [5.41, 5.74) is 2.31. The van der Waals surface area contributed by atoms with E-state index in [1.54, 1.807) is 0 Å². The summed E-state index contributed by atoms with van der Waals surface area (Å²) in [6, 6.07) is 8.06. The fourth-order valence-electron chi connectivity index (χ4n) is 2.57. The maximum absolute atomic E-state index is 11.3. The molecule has 0 aromatic heterocycles. The van der Waals surface area contributed by atoms with Crippen LogP contribution in [-0.2, 0) is 31.9 Å². The van der Waals surface area contributed by atoms with Crippen molar-refractivity contribution in [3.63, 3.8) is 0 Å². The summed E-state index contributed by atoms with van der Waals surface area (Å²) in [7, 11) is 0. The lowest BCUT2D eigenvalue weighted by Gasteiger charge is -2.20. The Morgan fingerprint density at radius 2 is 1.73 bits per heavy atom. The van der Waals surface area contributed by atoms with Gasteiger partial charge in [-0.15, -0.1) is 0 Å². The normalized spacial score (nSPS) is 23.0. The molecule has 4 nitrogen and oxygen atoms in total. The summed E-state index contributed by atoms with van der Waals surface area (Å²) in [6.45, 7) is 2.82. The van der Waals surface area contributed by atoms with E-state index in [9.17, 15) is 9.59 Å². The van der Waals surface area contributed by atoms with Gasteiger partial charge in [0.2, 0.25) is 0 Å². The molecule has 2 rings (SSSR count). The van der Waals surface area contributed by atoms with Crippen LogP contribution in [0.2, 0.25) is 0 Å². The zero-order chi connectivity index (χ0) is 15.9.